The van der Waals surface area contributed by atoms with E-state index in [1.54, 1.807) is 6.20 Å². The molecule has 4 rings (SSSR count). The van der Waals surface area contributed by atoms with Gasteiger partial charge in [-0.05, 0) is 45.2 Å². The van der Waals surface area contributed by atoms with E-state index in [4.69, 9.17) is 21.1 Å². The molecule has 1 aromatic heterocycles. The van der Waals surface area contributed by atoms with Crippen LogP contribution in [0, 0.1) is 0 Å². The summed E-state index contributed by atoms with van der Waals surface area (Å²) in [6.07, 6.45) is 3.57. The molecule has 12 heteroatoms. The molecule has 0 bridgehead atoms. The molecule has 2 fully saturated rings. The Hall–Kier alpha value is -2.34. The molecule has 1 aliphatic carbocycles. The summed E-state index contributed by atoms with van der Waals surface area (Å²) >= 11 is 6.41. The molecule has 2 aliphatic rings. The summed E-state index contributed by atoms with van der Waals surface area (Å²) in [6, 6.07) is 5.99. The van der Waals surface area contributed by atoms with Crippen molar-refractivity contribution >= 4 is 44.5 Å². The summed E-state index contributed by atoms with van der Waals surface area (Å²) in [6.45, 7) is 7.29. The molecule has 10 nitrogen and oxygen atoms in total. The predicted octanol–water partition coefficient (Wildman–Crippen LogP) is 2.97. The highest BCUT2D eigenvalue weighted by molar-refractivity contribution is 7.88. The van der Waals surface area contributed by atoms with Crippen molar-refractivity contribution in [2.75, 3.05) is 32.5 Å². The van der Waals surface area contributed by atoms with E-state index < -0.39 is 27.8 Å². The number of carbonyl (C=O) groups is 2. The van der Waals surface area contributed by atoms with Crippen LogP contribution in [0.25, 0.3) is 10.9 Å². The molecule has 0 spiro atoms. The fourth-order valence-corrected chi connectivity index (χ4v) is 5.11. The number of nitrogens with one attached hydrogen (secondary N) is 1. The fraction of sp³-hybridized carbons (Fsp3) is 0.600. The smallest absolute Gasteiger partial charge is 0.410 e. The van der Waals surface area contributed by atoms with Crippen LogP contribution in [0.3, 0.4) is 0 Å². The number of sulfonamides is 1. The van der Waals surface area contributed by atoms with Crippen LogP contribution < -0.4 is 4.72 Å². The molecule has 1 atom stereocenters. The van der Waals surface area contributed by atoms with Gasteiger partial charge < -0.3 is 23.8 Å². The van der Waals surface area contributed by atoms with Gasteiger partial charge in [0.2, 0.25) is 10.0 Å². The first kappa shape index (κ1) is 27.7. The predicted molar refractivity (Wildman–Crippen MR) is 141 cm³/mol. The van der Waals surface area contributed by atoms with Gasteiger partial charge in [-0.3, -0.25) is 4.79 Å². The first-order valence-electron chi connectivity index (χ1n) is 12.4. The third-order valence-electron chi connectivity index (χ3n) is 6.23. The third-order valence-corrected chi connectivity index (χ3v) is 7.26. The van der Waals surface area contributed by atoms with Crippen molar-refractivity contribution in [3.8, 4) is 0 Å². The number of benzene rings is 1. The van der Waals surface area contributed by atoms with Gasteiger partial charge in [-0.25, -0.2) is 17.9 Å². The number of ether oxygens (including phenoxy) is 2. The minimum atomic E-state index is -3.29. The Morgan fingerprint density at radius 1 is 1.27 bits per heavy atom. The molecule has 2 heterocycles. The zero-order chi connectivity index (χ0) is 27.0. The summed E-state index contributed by atoms with van der Waals surface area (Å²) in [4.78, 5) is 29.5. The number of carbonyl (C=O) groups excluding carboxylic acids is 2. The SMILES string of the molecule is CC(C)(C)OC(=O)N1CCOC(C(=O)N(Cc2ccc3c(Cl)cn(CCNS(C)(=O)=O)c3c2)C2CC2)C1. The van der Waals surface area contributed by atoms with Crippen LogP contribution in [0.1, 0.15) is 39.2 Å². The lowest BCUT2D eigenvalue weighted by Crippen LogP contribution is -2.53. The minimum Gasteiger partial charge on any atom is -0.444 e. The third kappa shape index (κ3) is 7.37. The standard InChI is InChI=1S/C25H35ClN4O6S/c1-25(2,3)36-24(32)29-11-12-35-22(16-29)23(31)30(18-6-7-18)14-17-5-8-19-20(26)15-28(21(19)13-17)10-9-27-37(4,33)34/h5,8,13,15,18,22,27H,6-7,9-12,14,16H2,1-4H3. The molecule has 1 unspecified atom stereocenters. The maximum absolute atomic E-state index is 13.5. The number of fused-ring (bicyclic) bond motifs is 1. The van der Waals surface area contributed by atoms with Crippen LogP contribution in [0.4, 0.5) is 4.79 Å². The normalized spacial score (nSPS) is 18.7. The van der Waals surface area contributed by atoms with E-state index in [1.165, 1.54) is 4.90 Å². The van der Waals surface area contributed by atoms with Gasteiger partial charge in [-0.15, -0.1) is 0 Å². The second kappa shape index (κ2) is 10.8. The van der Waals surface area contributed by atoms with Crippen LogP contribution >= 0.6 is 11.6 Å². The van der Waals surface area contributed by atoms with Crippen LogP contribution in [-0.2, 0) is 37.4 Å². The van der Waals surface area contributed by atoms with E-state index in [2.05, 4.69) is 4.72 Å². The maximum atomic E-state index is 13.5. The van der Waals surface area contributed by atoms with Crippen molar-refractivity contribution in [2.45, 2.75) is 64.4 Å². The topological polar surface area (TPSA) is 110 Å². The van der Waals surface area contributed by atoms with Crippen LogP contribution in [0.5, 0.6) is 0 Å². The number of nitrogens with zero attached hydrogens (tertiary/aromatic N) is 3. The summed E-state index contributed by atoms with van der Waals surface area (Å²) in [5, 5.41) is 1.44. The highest BCUT2D eigenvalue weighted by atomic mass is 35.5. The van der Waals surface area contributed by atoms with Gasteiger partial charge in [-0.1, -0.05) is 23.7 Å². The molecule has 1 aromatic carbocycles. The van der Waals surface area contributed by atoms with Crippen molar-refractivity contribution in [3.63, 3.8) is 0 Å². The van der Waals surface area contributed by atoms with Crippen molar-refractivity contribution in [1.29, 1.82) is 0 Å². The van der Waals surface area contributed by atoms with Gasteiger partial charge in [0.25, 0.3) is 5.91 Å². The zero-order valence-electron chi connectivity index (χ0n) is 21.7. The zero-order valence-corrected chi connectivity index (χ0v) is 23.3. The molecule has 37 heavy (non-hydrogen) atoms. The Kier molecular flexibility index (Phi) is 8.08. The molecule has 2 amide bonds. The molecular formula is C25H35ClN4O6S. The van der Waals surface area contributed by atoms with Gasteiger partial charge in [0.1, 0.15) is 5.60 Å². The van der Waals surface area contributed by atoms with E-state index in [-0.39, 0.29) is 31.6 Å². The number of aromatic nitrogens is 1. The first-order chi connectivity index (χ1) is 17.3. The molecule has 2 aromatic rings. The quantitative estimate of drug-likeness (QED) is 0.537. The van der Waals surface area contributed by atoms with Crippen molar-refractivity contribution < 1.29 is 27.5 Å². The van der Waals surface area contributed by atoms with Crippen LogP contribution in [0.15, 0.2) is 24.4 Å². The molecular weight excluding hydrogens is 520 g/mol. The van der Waals surface area contributed by atoms with Crippen molar-refractivity contribution in [2.24, 2.45) is 0 Å². The van der Waals surface area contributed by atoms with E-state index in [0.717, 1.165) is 35.6 Å². The summed E-state index contributed by atoms with van der Waals surface area (Å²) < 4.78 is 38.5. The van der Waals surface area contributed by atoms with Gasteiger partial charge in [-0.2, -0.15) is 0 Å². The van der Waals surface area contributed by atoms with Crippen LogP contribution in [0.2, 0.25) is 5.02 Å². The highest BCUT2D eigenvalue weighted by Crippen LogP contribution is 2.32. The summed E-state index contributed by atoms with van der Waals surface area (Å²) in [5.74, 6) is -0.137. The Labute approximate surface area is 222 Å². The minimum absolute atomic E-state index is 0.137. The number of morpholine rings is 1. The van der Waals surface area contributed by atoms with Crippen molar-refractivity contribution in [1.82, 2.24) is 19.1 Å². The lowest BCUT2D eigenvalue weighted by atomic mass is 10.1. The second-order valence-corrected chi connectivity index (χ2v) is 12.9. The molecule has 0 radical (unpaired) electrons. The lowest BCUT2D eigenvalue weighted by molar-refractivity contribution is -0.150. The summed E-state index contributed by atoms with van der Waals surface area (Å²) in [7, 11) is -3.29. The number of hydrogen-bond acceptors (Lipinski definition) is 6. The molecule has 204 valence electrons. The van der Waals surface area contributed by atoms with Crippen molar-refractivity contribution in [3.05, 3.63) is 35.0 Å². The van der Waals surface area contributed by atoms with Gasteiger partial charge >= 0.3 is 6.09 Å². The highest BCUT2D eigenvalue weighted by Gasteiger charge is 2.39. The van der Waals surface area contributed by atoms with E-state index in [0.29, 0.717) is 24.7 Å². The average molecular weight is 555 g/mol. The second-order valence-electron chi connectivity index (χ2n) is 10.7. The Morgan fingerprint density at radius 3 is 2.65 bits per heavy atom. The summed E-state index contributed by atoms with van der Waals surface area (Å²) in [5.41, 5.74) is 1.18. The molecule has 1 aliphatic heterocycles. The first-order valence-corrected chi connectivity index (χ1v) is 14.7. The van der Waals surface area contributed by atoms with Gasteiger partial charge in [0.05, 0.1) is 24.4 Å². The number of rotatable bonds is 8. The lowest BCUT2D eigenvalue weighted by Gasteiger charge is -2.36. The maximum Gasteiger partial charge on any atom is 0.410 e. The van der Waals surface area contributed by atoms with E-state index in [9.17, 15) is 18.0 Å². The Balaban J connectivity index is 1.48. The average Bonchev–Trinajstić information content (AvgIpc) is 3.60. The largest absolute Gasteiger partial charge is 0.444 e. The number of amides is 2. The molecule has 1 saturated carbocycles. The van der Waals surface area contributed by atoms with Crippen LogP contribution in [-0.4, -0.2) is 85.0 Å². The monoisotopic (exact) mass is 554 g/mol. The van der Waals surface area contributed by atoms with Gasteiger partial charge in [0.15, 0.2) is 6.10 Å². The van der Waals surface area contributed by atoms with Gasteiger partial charge in [0, 0.05) is 49.3 Å². The number of halogens is 1. The number of hydrogen-bond donors (Lipinski definition) is 1. The Bertz CT molecular complexity index is 1270. The molecule has 1 saturated heterocycles. The molecule has 1 N–H and O–H groups in total. The van der Waals surface area contributed by atoms with E-state index in [1.807, 2.05) is 48.4 Å². The Morgan fingerprint density at radius 2 is 2.00 bits per heavy atom. The van der Waals surface area contributed by atoms with E-state index >= 15 is 0 Å². The fourth-order valence-electron chi connectivity index (χ4n) is 4.37.